The number of esters is 1. The molecule has 0 aromatic heterocycles. The van der Waals surface area contributed by atoms with Crippen molar-refractivity contribution in [1.82, 2.24) is 5.32 Å². The maximum Gasteiger partial charge on any atom is 0.320 e. The lowest BCUT2D eigenvalue weighted by Gasteiger charge is -2.19. The average Bonchev–Trinajstić information content (AvgIpc) is 2.20. The van der Waals surface area contributed by atoms with Gasteiger partial charge in [-0.1, -0.05) is 17.7 Å². The fourth-order valence-corrected chi connectivity index (χ4v) is 1.53. The fraction of sp³-hybridized carbons (Fsp3) is 0.500. The minimum Gasteiger partial charge on any atom is -0.508 e. The minimum atomic E-state index is -0.468. The Kier molecular flexibility index (Phi) is 4.73. The first kappa shape index (κ1) is 14.5. The first-order chi connectivity index (χ1) is 8.28. The first-order valence-corrected chi connectivity index (χ1v) is 5.99. The number of rotatable bonds is 4. The van der Waals surface area contributed by atoms with E-state index in [1.54, 1.807) is 6.07 Å². The Labute approximate surface area is 108 Å². The summed E-state index contributed by atoms with van der Waals surface area (Å²) in [5.74, 6) is -0.0630. The highest BCUT2D eigenvalue weighted by molar-refractivity contribution is 5.72. The van der Waals surface area contributed by atoms with Crippen LogP contribution in [0.2, 0.25) is 0 Å². The van der Waals surface area contributed by atoms with Crippen LogP contribution >= 0.6 is 0 Å². The molecule has 0 saturated heterocycles. The van der Waals surface area contributed by atoms with E-state index in [0.29, 0.717) is 6.54 Å². The van der Waals surface area contributed by atoms with Gasteiger partial charge in [-0.05, 0) is 33.8 Å². The molecule has 0 amide bonds. The summed E-state index contributed by atoms with van der Waals surface area (Å²) < 4.78 is 5.17. The van der Waals surface area contributed by atoms with Gasteiger partial charge in [-0.15, -0.1) is 0 Å². The molecule has 100 valence electrons. The number of hydrogen-bond donors (Lipinski definition) is 2. The van der Waals surface area contributed by atoms with E-state index < -0.39 is 5.60 Å². The van der Waals surface area contributed by atoms with Gasteiger partial charge in [0.2, 0.25) is 0 Å². The molecule has 18 heavy (non-hydrogen) atoms. The van der Waals surface area contributed by atoms with Gasteiger partial charge in [0, 0.05) is 12.1 Å². The molecule has 0 heterocycles. The smallest absolute Gasteiger partial charge is 0.320 e. The number of aromatic hydroxyl groups is 1. The maximum atomic E-state index is 11.5. The third-order valence-corrected chi connectivity index (χ3v) is 2.24. The maximum absolute atomic E-state index is 11.5. The lowest BCUT2D eigenvalue weighted by Crippen LogP contribution is -2.31. The van der Waals surface area contributed by atoms with Crippen molar-refractivity contribution in [3.05, 3.63) is 29.3 Å². The van der Waals surface area contributed by atoms with E-state index >= 15 is 0 Å². The van der Waals surface area contributed by atoms with Gasteiger partial charge in [0.15, 0.2) is 0 Å². The molecule has 0 aliphatic rings. The Morgan fingerprint density at radius 3 is 2.67 bits per heavy atom. The highest BCUT2D eigenvalue weighted by Gasteiger charge is 2.15. The van der Waals surface area contributed by atoms with Gasteiger partial charge in [0.1, 0.15) is 11.4 Å². The molecule has 1 rings (SSSR count). The van der Waals surface area contributed by atoms with Gasteiger partial charge in [0.05, 0.1) is 6.54 Å². The van der Waals surface area contributed by atoms with Crippen molar-refractivity contribution < 1.29 is 14.6 Å². The third-order valence-electron chi connectivity index (χ3n) is 2.24. The van der Waals surface area contributed by atoms with E-state index in [9.17, 15) is 9.90 Å². The van der Waals surface area contributed by atoms with Gasteiger partial charge < -0.3 is 15.2 Å². The second kappa shape index (κ2) is 5.87. The lowest BCUT2D eigenvalue weighted by atomic mass is 10.1. The van der Waals surface area contributed by atoms with E-state index in [0.717, 1.165) is 11.1 Å². The van der Waals surface area contributed by atoms with Gasteiger partial charge >= 0.3 is 5.97 Å². The molecular formula is C14H21NO3. The molecule has 0 aliphatic heterocycles. The summed E-state index contributed by atoms with van der Waals surface area (Å²) in [6.45, 7) is 8.01. The summed E-state index contributed by atoms with van der Waals surface area (Å²) in [4.78, 5) is 11.5. The Balaban J connectivity index is 2.42. The van der Waals surface area contributed by atoms with Crippen molar-refractivity contribution >= 4 is 5.97 Å². The molecule has 0 unspecified atom stereocenters. The summed E-state index contributed by atoms with van der Waals surface area (Å²) in [5, 5.41) is 12.6. The highest BCUT2D eigenvalue weighted by Crippen LogP contribution is 2.17. The van der Waals surface area contributed by atoms with Crippen LogP contribution in [0.3, 0.4) is 0 Å². The van der Waals surface area contributed by atoms with E-state index in [2.05, 4.69) is 5.32 Å². The molecule has 4 nitrogen and oxygen atoms in total. The molecule has 1 aromatic carbocycles. The standard InChI is InChI=1S/C14H21NO3/c1-10-5-6-12(16)11(7-10)8-15-9-13(17)18-14(2,3)4/h5-7,15-16H,8-9H2,1-4H3. The Bertz CT molecular complexity index is 422. The zero-order valence-electron chi connectivity index (χ0n) is 11.4. The van der Waals surface area contributed by atoms with Crippen molar-refractivity contribution in [2.24, 2.45) is 0 Å². The first-order valence-electron chi connectivity index (χ1n) is 5.99. The number of nitrogens with one attached hydrogen (secondary N) is 1. The van der Waals surface area contributed by atoms with Crippen LogP contribution in [0.25, 0.3) is 0 Å². The summed E-state index contributed by atoms with van der Waals surface area (Å²) in [5.41, 5.74) is 1.38. The molecule has 1 aromatic rings. The number of benzene rings is 1. The van der Waals surface area contributed by atoms with Gasteiger partial charge in [-0.2, -0.15) is 0 Å². The molecule has 0 fully saturated rings. The number of hydrogen-bond acceptors (Lipinski definition) is 4. The van der Waals surface area contributed by atoms with Crippen molar-refractivity contribution in [2.75, 3.05) is 6.54 Å². The molecule has 0 atom stereocenters. The topological polar surface area (TPSA) is 58.6 Å². The Morgan fingerprint density at radius 2 is 2.06 bits per heavy atom. The van der Waals surface area contributed by atoms with Crippen molar-refractivity contribution in [3.8, 4) is 5.75 Å². The molecule has 0 radical (unpaired) electrons. The van der Waals surface area contributed by atoms with Crippen LogP contribution in [-0.2, 0) is 16.1 Å². The molecular weight excluding hydrogens is 230 g/mol. The van der Waals surface area contributed by atoms with Crippen molar-refractivity contribution in [3.63, 3.8) is 0 Å². The van der Waals surface area contributed by atoms with Crippen molar-refractivity contribution in [2.45, 2.75) is 39.8 Å². The highest BCUT2D eigenvalue weighted by atomic mass is 16.6. The Hall–Kier alpha value is -1.55. The minimum absolute atomic E-state index is 0.130. The van der Waals surface area contributed by atoms with Crippen LogP contribution in [0.4, 0.5) is 0 Å². The monoisotopic (exact) mass is 251 g/mol. The van der Waals surface area contributed by atoms with Crippen LogP contribution in [0.1, 0.15) is 31.9 Å². The quantitative estimate of drug-likeness (QED) is 0.805. The van der Waals surface area contributed by atoms with Gasteiger partial charge in [-0.3, -0.25) is 4.79 Å². The zero-order valence-corrected chi connectivity index (χ0v) is 11.4. The number of aryl methyl sites for hydroxylation is 1. The molecule has 2 N–H and O–H groups in total. The number of ether oxygens (including phenoxy) is 1. The van der Waals surface area contributed by atoms with Crippen LogP contribution in [0, 0.1) is 6.92 Å². The van der Waals surface area contributed by atoms with E-state index in [4.69, 9.17) is 4.74 Å². The van der Waals surface area contributed by atoms with Crippen molar-refractivity contribution in [1.29, 1.82) is 0 Å². The fourth-order valence-electron chi connectivity index (χ4n) is 1.53. The predicted molar refractivity (Wildman–Crippen MR) is 70.4 cm³/mol. The summed E-state index contributed by atoms with van der Waals surface area (Å²) in [6, 6.07) is 5.38. The normalized spacial score (nSPS) is 11.3. The number of carbonyl (C=O) groups is 1. The molecule has 0 saturated carbocycles. The SMILES string of the molecule is Cc1ccc(O)c(CNCC(=O)OC(C)(C)C)c1. The second-order valence-electron chi connectivity index (χ2n) is 5.32. The molecule has 0 bridgehead atoms. The van der Waals surface area contributed by atoms with Crippen LogP contribution in [0.5, 0.6) is 5.75 Å². The largest absolute Gasteiger partial charge is 0.508 e. The van der Waals surface area contributed by atoms with E-state index in [-0.39, 0.29) is 18.3 Å². The zero-order chi connectivity index (χ0) is 13.8. The van der Waals surface area contributed by atoms with Crippen LogP contribution in [-0.4, -0.2) is 23.2 Å². The molecule has 0 spiro atoms. The summed E-state index contributed by atoms with van der Waals surface area (Å²) in [6.07, 6.45) is 0. The number of phenolic OH excluding ortho intramolecular Hbond substituents is 1. The van der Waals surface area contributed by atoms with Gasteiger partial charge in [0.25, 0.3) is 0 Å². The molecule has 0 aliphatic carbocycles. The number of phenols is 1. The second-order valence-corrected chi connectivity index (χ2v) is 5.32. The summed E-state index contributed by atoms with van der Waals surface area (Å²) >= 11 is 0. The van der Waals surface area contributed by atoms with E-state index in [1.165, 1.54) is 0 Å². The van der Waals surface area contributed by atoms with Crippen LogP contribution in [0.15, 0.2) is 18.2 Å². The average molecular weight is 251 g/mol. The Morgan fingerprint density at radius 1 is 1.39 bits per heavy atom. The number of carbonyl (C=O) groups excluding carboxylic acids is 1. The van der Waals surface area contributed by atoms with Crippen LogP contribution < -0.4 is 5.32 Å². The van der Waals surface area contributed by atoms with E-state index in [1.807, 2.05) is 39.8 Å². The third kappa shape index (κ3) is 5.19. The summed E-state index contributed by atoms with van der Waals surface area (Å²) in [7, 11) is 0. The van der Waals surface area contributed by atoms with Gasteiger partial charge in [-0.25, -0.2) is 0 Å². The lowest BCUT2D eigenvalue weighted by molar-refractivity contribution is -0.153. The molecule has 4 heteroatoms. The predicted octanol–water partition coefficient (Wildman–Crippen LogP) is 2.13.